The van der Waals surface area contributed by atoms with Crippen LogP contribution >= 0.6 is 0 Å². The molecule has 0 aromatic carbocycles. The fourth-order valence-corrected chi connectivity index (χ4v) is 4.95. The van der Waals surface area contributed by atoms with Crippen LogP contribution in [0.2, 0.25) is 0 Å². The van der Waals surface area contributed by atoms with Crippen LogP contribution in [-0.4, -0.2) is 90.8 Å². The fraction of sp³-hybridized carbons (Fsp3) is 0.581. The fourth-order valence-electron chi connectivity index (χ4n) is 4.95. The maximum atomic E-state index is 13.8. The van der Waals surface area contributed by atoms with E-state index >= 15 is 0 Å². The van der Waals surface area contributed by atoms with Gasteiger partial charge in [-0.15, -0.1) is 0 Å². The van der Waals surface area contributed by atoms with Crippen LogP contribution < -0.4 is 21.7 Å². The van der Waals surface area contributed by atoms with Gasteiger partial charge in [-0.05, 0) is 57.4 Å². The first-order valence-electron chi connectivity index (χ1n) is 15.3. The van der Waals surface area contributed by atoms with Gasteiger partial charge in [0.1, 0.15) is 30.4 Å². The Kier molecular flexibility index (Phi) is 15.5. The van der Waals surface area contributed by atoms with Crippen LogP contribution in [0.4, 0.5) is 0 Å². The lowest BCUT2D eigenvalue weighted by Crippen LogP contribution is -2.57. The number of rotatable bonds is 18. The monoisotopic (exact) mass is 647 g/mol. The van der Waals surface area contributed by atoms with E-state index in [-0.39, 0.29) is 50.3 Å². The number of primary amides is 1. The standard InChI is InChI=1S/C31H45N5O10/c1-5-46-26(38)11-7-6-9-21(33-27(39)20-14-16-45-18-20)28(40)34-22(12-13-25(32)37)30(42)36-15-8-10-24(36)29(41)35-23(17-19(2)3)31(43)44-4/h7,11,14,16,18-19,21-24H,5-6,8-10,12-13,15,17H2,1-4H3,(H2,32,37)(H,33,39)(H,34,40)(H,35,41)/t21-,22-,23-,24-/m0/s1. The maximum Gasteiger partial charge on any atom is 0.330 e. The molecule has 0 saturated carbocycles. The van der Waals surface area contributed by atoms with E-state index in [0.29, 0.717) is 19.3 Å². The third-order valence-electron chi connectivity index (χ3n) is 7.21. The van der Waals surface area contributed by atoms with Gasteiger partial charge >= 0.3 is 11.9 Å². The Labute approximate surface area is 267 Å². The van der Waals surface area contributed by atoms with E-state index < -0.39 is 65.6 Å². The largest absolute Gasteiger partial charge is 0.472 e. The molecule has 46 heavy (non-hydrogen) atoms. The van der Waals surface area contributed by atoms with Crippen molar-refractivity contribution >= 4 is 41.5 Å². The summed E-state index contributed by atoms with van der Waals surface area (Å²) in [6.07, 6.45) is 6.17. The van der Waals surface area contributed by atoms with E-state index in [1.54, 1.807) is 6.92 Å². The Morgan fingerprint density at radius 3 is 2.41 bits per heavy atom. The van der Waals surface area contributed by atoms with Crippen molar-refractivity contribution in [2.24, 2.45) is 11.7 Å². The van der Waals surface area contributed by atoms with E-state index in [9.17, 15) is 33.6 Å². The van der Waals surface area contributed by atoms with Crippen LogP contribution in [-0.2, 0) is 38.2 Å². The second-order valence-electron chi connectivity index (χ2n) is 11.2. The van der Waals surface area contributed by atoms with E-state index in [2.05, 4.69) is 16.0 Å². The molecule has 1 aromatic rings. The number of ether oxygens (including phenoxy) is 2. The highest BCUT2D eigenvalue weighted by Crippen LogP contribution is 2.21. The third kappa shape index (κ3) is 12.0. The molecular formula is C31H45N5O10. The lowest BCUT2D eigenvalue weighted by molar-refractivity contribution is -0.147. The molecular weight excluding hydrogens is 602 g/mol. The van der Waals surface area contributed by atoms with Gasteiger partial charge in [0.25, 0.3) is 5.91 Å². The van der Waals surface area contributed by atoms with Gasteiger partial charge in [-0.2, -0.15) is 0 Å². The van der Waals surface area contributed by atoms with Gasteiger partial charge in [-0.25, -0.2) is 9.59 Å². The Hall–Kier alpha value is -4.69. The van der Waals surface area contributed by atoms with Crippen molar-refractivity contribution < 1.29 is 47.5 Å². The second kappa shape index (κ2) is 19.0. The van der Waals surface area contributed by atoms with Crippen molar-refractivity contribution in [1.29, 1.82) is 0 Å². The summed E-state index contributed by atoms with van der Waals surface area (Å²) in [7, 11) is 1.22. The number of nitrogens with two attached hydrogens (primary N) is 1. The van der Waals surface area contributed by atoms with Crippen LogP contribution in [0.25, 0.3) is 0 Å². The van der Waals surface area contributed by atoms with Gasteiger partial charge in [0, 0.05) is 19.0 Å². The number of nitrogens with zero attached hydrogens (tertiary/aromatic N) is 1. The first kappa shape index (κ1) is 37.5. The van der Waals surface area contributed by atoms with E-state index in [0.717, 1.165) is 0 Å². The van der Waals surface area contributed by atoms with Gasteiger partial charge < -0.3 is 40.5 Å². The third-order valence-corrected chi connectivity index (χ3v) is 7.21. The molecule has 5 N–H and O–H groups in total. The molecule has 1 aliphatic rings. The Bertz CT molecular complexity index is 1250. The van der Waals surface area contributed by atoms with E-state index in [1.165, 1.54) is 42.8 Å². The normalized spacial score (nSPS) is 16.4. The molecule has 4 atom stereocenters. The zero-order valence-corrected chi connectivity index (χ0v) is 26.7. The number of carbonyl (C=O) groups is 7. The Morgan fingerprint density at radius 1 is 1.07 bits per heavy atom. The van der Waals surface area contributed by atoms with Gasteiger partial charge in [0.15, 0.2) is 0 Å². The van der Waals surface area contributed by atoms with Gasteiger partial charge in [0.2, 0.25) is 23.6 Å². The predicted molar refractivity (Wildman–Crippen MR) is 163 cm³/mol. The molecule has 0 unspecified atom stereocenters. The Balaban J connectivity index is 2.25. The number of nitrogens with one attached hydrogen (secondary N) is 3. The molecule has 0 bridgehead atoms. The first-order valence-corrected chi connectivity index (χ1v) is 15.3. The number of furan rings is 1. The summed E-state index contributed by atoms with van der Waals surface area (Å²) < 4.78 is 14.6. The Morgan fingerprint density at radius 2 is 1.80 bits per heavy atom. The van der Waals surface area contributed by atoms with Crippen molar-refractivity contribution in [3.63, 3.8) is 0 Å². The van der Waals surface area contributed by atoms with Crippen molar-refractivity contribution in [2.75, 3.05) is 20.3 Å². The summed E-state index contributed by atoms with van der Waals surface area (Å²) in [6.45, 7) is 5.84. The summed E-state index contributed by atoms with van der Waals surface area (Å²) in [4.78, 5) is 90.3. The van der Waals surface area contributed by atoms with Crippen LogP contribution in [0.15, 0.2) is 35.2 Å². The number of hydrogen-bond acceptors (Lipinski definition) is 10. The van der Waals surface area contributed by atoms with Gasteiger partial charge in [0.05, 0.1) is 25.5 Å². The van der Waals surface area contributed by atoms with Crippen LogP contribution in [0, 0.1) is 5.92 Å². The molecule has 1 aromatic heterocycles. The van der Waals surface area contributed by atoms with Crippen LogP contribution in [0.1, 0.15) is 76.1 Å². The molecule has 1 saturated heterocycles. The van der Waals surface area contributed by atoms with Crippen molar-refractivity contribution in [3.05, 3.63) is 36.3 Å². The van der Waals surface area contributed by atoms with Crippen LogP contribution in [0.3, 0.4) is 0 Å². The molecule has 2 rings (SSSR count). The number of carbonyl (C=O) groups excluding carboxylic acids is 7. The zero-order valence-electron chi connectivity index (χ0n) is 26.7. The minimum Gasteiger partial charge on any atom is -0.472 e. The molecule has 5 amide bonds. The van der Waals surface area contributed by atoms with Crippen molar-refractivity contribution in [2.45, 2.75) is 89.9 Å². The highest BCUT2D eigenvalue weighted by atomic mass is 16.5. The minimum atomic E-state index is -1.26. The summed E-state index contributed by atoms with van der Waals surface area (Å²) in [5.74, 6) is -4.30. The number of likely N-dealkylation sites (tertiary alicyclic amines) is 1. The average Bonchev–Trinajstić information content (AvgIpc) is 3.72. The molecule has 15 heteroatoms. The number of allylic oxidation sites excluding steroid dienone is 1. The van der Waals surface area contributed by atoms with Gasteiger partial charge in [-0.1, -0.05) is 19.9 Å². The second-order valence-corrected chi connectivity index (χ2v) is 11.2. The number of hydrogen-bond donors (Lipinski definition) is 4. The highest BCUT2D eigenvalue weighted by Gasteiger charge is 2.39. The first-order chi connectivity index (χ1) is 21.9. The zero-order chi connectivity index (χ0) is 34.2. The lowest BCUT2D eigenvalue weighted by Gasteiger charge is -2.30. The summed E-state index contributed by atoms with van der Waals surface area (Å²) >= 11 is 0. The van der Waals surface area contributed by atoms with E-state index in [1.807, 2.05) is 13.8 Å². The number of esters is 2. The van der Waals surface area contributed by atoms with Crippen molar-refractivity contribution in [3.8, 4) is 0 Å². The summed E-state index contributed by atoms with van der Waals surface area (Å²) in [5.41, 5.74) is 5.51. The topological polar surface area (TPSA) is 216 Å². The van der Waals surface area contributed by atoms with E-state index in [4.69, 9.17) is 19.6 Å². The number of amides is 5. The number of methoxy groups -OCH3 is 1. The highest BCUT2D eigenvalue weighted by molar-refractivity contribution is 5.99. The summed E-state index contributed by atoms with van der Waals surface area (Å²) in [6, 6.07) is -2.84. The average molecular weight is 648 g/mol. The summed E-state index contributed by atoms with van der Waals surface area (Å²) in [5, 5.41) is 7.92. The maximum absolute atomic E-state index is 13.8. The SMILES string of the molecule is CCOC(=O)C=CCC[C@H](NC(=O)c1ccoc1)C(=O)N[C@@H](CCC(N)=O)C(=O)N1CCC[C@H]1C(=O)N[C@@H](CC(C)C)C(=O)OC. The molecule has 0 aliphatic carbocycles. The molecule has 15 nitrogen and oxygen atoms in total. The van der Waals surface area contributed by atoms with Crippen LogP contribution in [0.5, 0.6) is 0 Å². The molecule has 1 fully saturated rings. The quantitative estimate of drug-likeness (QED) is 0.129. The van der Waals surface area contributed by atoms with Gasteiger partial charge in [-0.3, -0.25) is 24.0 Å². The molecule has 2 heterocycles. The molecule has 1 aliphatic heterocycles. The minimum absolute atomic E-state index is 0.0432. The predicted octanol–water partition coefficient (Wildman–Crippen LogP) is 0.723. The molecule has 0 radical (unpaired) electrons. The molecule has 254 valence electrons. The lowest BCUT2D eigenvalue weighted by atomic mass is 10.0. The van der Waals surface area contributed by atoms with Crippen molar-refractivity contribution in [1.82, 2.24) is 20.9 Å². The smallest absolute Gasteiger partial charge is 0.330 e. The molecule has 0 spiro atoms.